The molecule has 0 aliphatic heterocycles. The lowest BCUT2D eigenvalue weighted by atomic mass is 10.4. The minimum absolute atomic E-state index is 0.447. The van der Waals surface area contributed by atoms with E-state index in [1.54, 1.807) is 0 Å². The molecular weight excluding hydrogens is 210 g/mol. The normalized spacial score (nSPS) is 10.8. The van der Waals surface area contributed by atoms with Crippen LogP contribution in [0.1, 0.15) is 20.8 Å². The smallest absolute Gasteiger partial charge is 0.328 e. The maximum Gasteiger partial charge on any atom is 0.328 e. The van der Waals surface area contributed by atoms with E-state index in [9.17, 15) is 14.7 Å². The first-order valence-electron chi connectivity index (χ1n) is 5.26. The van der Waals surface area contributed by atoms with Gasteiger partial charge >= 0.3 is 5.97 Å². The molecule has 5 nitrogen and oxygen atoms in total. The van der Waals surface area contributed by atoms with Crippen LogP contribution in [0.2, 0.25) is 0 Å². The maximum atomic E-state index is 9.53. The first-order valence-corrected chi connectivity index (χ1v) is 5.26. The first kappa shape index (κ1) is 17.0. The van der Waals surface area contributed by atoms with Gasteiger partial charge in [0, 0.05) is 6.08 Å². The lowest BCUT2D eigenvalue weighted by Crippen LogP contribution is -2.42. The number of carboxylic acid groups (broad SMARTS) is 2. The first-order chi connectivity index (χ1) is 7.31. The number of carboxylic acids is 2. The Morgan fingerprint density at radius 3 is 1.56 bits per heavy atom. The number of hydrogen-bond donors (Lipinski definition) is 1. The standard InChI is InChI=1S/C7H18N.C4H4O4/c1-5-8(4,6-2)7-3;5-3(6)1-2-4(7)8/h5-7H2,1-4H3;1-2H,(H,5,6)(H,7,8)/q+1;/p-1/b;2-1+. The van der Waals surface area contributed by atoms with Crippen LogP contribution in [0.15, 0.2) is 12.2 Å². The molecule has 5 heteroatoms. The van der Waals surface area contributed by atoms with Gasteiger partial charge < -0.3 is 19.5 Å². The molecule has 0 rings (SSSR count). The predicted octanol–water partition coefficient (Wildman–Crippen LogP) is -0.130. The van der Waals surface area contributed by atoms with Crippen LogP contribution in [-0.2, 0) is 9.59 Å². The van der Waals surface area contributed by atoms with Crippen molar-refractivity contribution in [2.45, 2.75) is 20.8 Å². The second-order valence-electron chi connectivity index (χ2n) is 3.56. The molecule has 0 fully saturated rings. The fourth-order valence-electron chi connectivity index (χ4n) is 0.810. The second-order valence-corrected chi connectivity index (χ2v) is 3.56. The summed E-state index contributed by atoms with van der Waals surface area (Å²) in [7, 11) is 2.29. The molecule has 0 spiro atoms. The van der Waals surface area contributed by atoms with Crippen molar-refractivity contribution in [3.05, 3.63) is 12.2 Å². The van der Waals surface area contributed by atoms with Crippen LogP contribution in [0.4, 0.5) is 0 Å². The number of hydrogen-bond acceptors (Lipinski definition) is 3. The number of nitrogens with zero attached hydrogens (tertiary/aromatic N) is 1. The van der Waals surface area contributed by atoms with E-state index in [-0.39, 0.29) is 0 Å². The molecule has 0 heterocycles. The summed E-state index contributed by atoms with van der Waals surface area (Å²) in [6.07, 6.45) is 0.942. The van der Waals surface area contributed by atoms with Gasteiger partial charge in [-0.2, -0.15) is 0 Å². The van der Waals surface area contributed by atoms with E-state index in [2.05, 4.69) is 27.8 Å². The third-order valence-electron chi connectivity index (χ3n) is 2.65. The van der Waals surface area contributed by atoms with E-state index in [1.807, 2.05) is 0 Å². The van der Waals surface area contributed by atoms with Crippen molar-refractivity contribution >= 4 is 11.9 Å². The molecule has 0 radical (unpaired) electrons. The second kappa shape index (κ2) is 8.91. The van der Waals surface area contributed by atoms with Crippen molar-refractivity contribution in [1.29, 1.82) is 0 Å². The molecule has 16 heavy (non-hydrogen) atoms. The number of quaternary nitrogens is 1. The van der Waals surface area contributed by atoms with Gasteiger partial charge in [0.25, 0.3) is 0 Å². The lowest BCUT2D eigenvalue weighted by molar-refractivity contribution is -0.904. The van der Waals surface area contributed by atoms with Crippen molar-refractivity contribution in [3.63, 3.8) is 0 Å². The predicted molar refractivity (Wildman–Crippen MR) is 59.6 cm³/mol. The summed E-state index contributed by atoms with van der Waals surface area (Å²) in [4.78, 5) is 19.0. The maximum absolute atomic E-state index is 9.53. The van der Waals surface area contributed by atoms with Crippen molar-refractivity contribution in [3.8, 4) is 0 Å². The Morgan fingerprint density at radius 1 is 1.12 bits per heavy atom. The Bertz CT molecular complexity index is 220. The number of aliphatic carboxylic acids is 2. The molecule has 0 saturated heterocycles. The molecular formula is C11H21NO4. The van der Waals surface area contributed by atoms with Gasteiger partial charge in [-0.05, 0) is 26.8 Å². The van der Waals surface area contributed by atoms with Gasteiger partial charge in [-0.1, -0.05) is 0 Å². The van der Waals surface area contributed by atoms with Crippen LogP contribution < -0.4 is 5.11 Å². The fourth-order valence-corrected chi connectivity index (χ4v) is 0.810. The monoisotopic (exact) mass is 231 g/mol. The minimum atomic E-state index is -1.51. The van der Waals surface area contributed by atoms with Gasteiger partial charge in [-0.15, -0.1) is 0 Å². The van der Waals surface area contributed by atoms with E-state index in [1.165, 1.54) is 24.1 Å². The molecule has 0 aromatic heterocycles. The Hall–Kier alpha value is -1.36. The molecule has 0 saturated carbocycles. The van der Waals surface area contributed by atoms with Gasteiger partial charge in [-0.3, -0.25) is 0 Å². The average Bonchev–Trinajstić information content (AvgIpc) is 2.26. The van der Waals surface area contributed by atoms with E-state index < -0.39 is 11.9 Å². The van der Waals surface area contributed by atoms with E-state index in [0.717, 1.165) is 0 Å². The Kier molecular flexibility index (Phi) is 9.49. The molecule has 0 bridgehead atoms. The van der Waals surface area contributed by atoms with Gasteiger partial charge in [0.05, 0.1) is 32.7 Å². The van der Waals surface area contributed by atoms with E-state index >= 15 is 0 Å². The summed E-state index contributed by atoms with van der Waals surface area (Å²) in [5.41, 5.74) is 0. The largest absolute Gasteiger partial charge is 0.545 e. The highest BCUT2D eigenvalue weighted by molar-refractivity contribution is 5.88. The number of carbonyl (C=O) groups excluding carboxylic acids is 1. The van der Waals surface area contributed by atoms with Crippen molar-refractivity contribution in [1.82, 2.24) is 0 Å². The van der Waals surface area contributed by atoms with Gasteiger partial charge in [0.15, 0.2) is 0 Å². The highest BCUT2D eigenvalue weighted by Gasteiger charge is 2.10. The van der Waals surface area contributed by atoms with Gasteiger partial charge in [0.2, 0.25) is 0 Å². The van der Waals surface area contributed by atoms with Crippen LogP contribution in [0.5, 0.6) is 0 Å². The quantitative estimate of drug-likeness (QED) is 0.528. The minimum Gasteiger partial charge on any atom is -0.545 e. The Labute approximate surface area is 96.6 Å². The molecule has 0 unspecified atom stereocenters. The summed E-state index contributed by atoms with van der Waals surface area (Å²) in [6.45, 7) is 10.5. The highest BCUT2D eigenvalue weighted by atomic mass is 16.4. The zero-order valence-corrected chi connectivity index (χ0v) is 10.4. The summed E-state index contributed by atoms with van der Waals surface area (Å²) in [5.74, 6) is -2.80. The molecule has 0 aliphatic rings. The third-order valence-corrected chi connectivity index (χ3v) is 2.65. The molecule has 0 aliphatic carbocycles. The molecule has 94 valence electrons. The molecule has 0 atom stereocenters. The Balaban J connectivity index is 0. The molecule has 1 N–H and O–H groups in total. The average molecular weight is 231 g/mol. The molecule has 0 aromatic carbocycles. The van der Waals surface area contributed by atoms with Crippen molar-refractivity contribution in [2.75, 3.05) is 26.7 Å². The van der Waals surface area contributed by atoms with Crippen LogP contribution in [-0.4, -0.2) is 48.2 Å². The van der Waals surface area contributed by atoms with Crippen molar-refractivity contribution in [2.24, 2.45) is 0 Å². The summed E-state index contributed by atoms with van der Waals surface area (Å²) in [6, 6.07) is 0. The number of rotatable bonds is 5. The SMILES string of the molecule is CC[N+](C)(CC)CC.O=C([O-])/C=C/C(=O)O. The Morgan fingerprint density at radius 2 is 1.50 bits per heavy atom. The van der Waals surface area contributed by atoms with Crippen molar-refractivity contribution < 1.29 is 24.3 Å². The van der Waals surface area contributed by atoms with Crippen LogP contribution in [0.3, 0.4) is 0 Å². The zero-order valence-electron chi connectivity index (χ0n) is 10.4. The van der Waals surface area contributed by atoms with Crippen LogP contribution in [0, 0.1) is 0 Å². The topological polar surface area (TPSA) is 77.4 Å². The summed E-state index contributed by atoms with van der Waals surface area (Å²) < 4.78 is 1.21. The third kappa shape index (κ3) is 10.7. The lowest BCUT2D eigenvalue weighted by Gasteiger charge is -2.30. The molecule has 0 amide bonds. The van der Waals surface area contributed by atoms with Crippen LogP contribution in [0.25, 0.3) is 0 Å². The highest BCUT2D eigenvalue weighted by Crippen LogP contribution is 1.97. The molecule has 0 aromatic rings. The summed E-state index contributed by atoms with van der Waals surface area (Å²) in [5, 5.41) is 17.2. The fraction of sp³-hybridized carbons (Fsp3) is 0.636. The number of carbonyl (C=O) groups is 2. The van der Waals surface area contributed by atoms with Gasteiger partial charge in [0.1, 0.15) is 0 Å². The summed E-state index contributed by atoms with van der Waals surface area (Å²) >= 11 is 0. The van der Waals surface area contributed by atoms with Crippen LogP contribution >= 0.6 is 0 Å². The van der Waals surface area contributed by atoms with Gasteiger partial charge in [-0.25, -0.2) is 4.79 Å². The van der Waals surface area contributed by atoms with E-state index in [0.29, 0.717) is 12.2 Å². The zero-order chi connectivity index (χ0) is 13.2. The van der Waals surface area contributed by atoms with E-state index in [4.69, 9.17) is 5.11 Å².